The Morgan fingerprint density at radius 2 is 0.857 bits per heavy atom. The molecule has 8 aromatic rings. The molecule has 7 aromatic carbocycles. The molecule has 232 valence electrons. The first-order valence-corrected chi connectivity index (χ1v) is 16.8. The third-order valence-electron chi connectivity index (χ3n) is 9.91. The highest BCUT2D eigenvalue weighted by Gasteiger charge is 2.36. The number of hydrogen-bond acceptors (Lipinski definition) is 3. The largest absolute Gasteiger partial charge is 0.208 e. The van der Waals surface area contributed by atoms with Crippen molar-refractivity contribution in [3.63, 3.8) is 0 Å². The molecule has 0 saturated carbocycles. The van der Waals surface area contributed by atoms with Crippen LogP contribution in [0, 0.1) is 0 Å². The van der Waals surface area contributed by atoms with Crippen molar-refractivity contribution >= 4 is 10.8 Å². The topological polar surface area (TPSA) is 38.7 Å². The first-order valence-electron chi connectivity index (χ1n) is 16.8. The first-order chi connectivity index (χ1) is 24.0. The van der Waals surface area contributed by atoms with Gasteiger partial charge in [0.1, 0.15) is 0 Å². The molecule has 0 spiro atoms. The monoisotopic (exact) mass is 627 g/mol. The van der Waals surface area contributed by atoms with Gasteiger partial charge < -0.3 is 0 Å². The van der Waals surface area contributed by atoms with E-state index in [9.17, 15) is 0 Å². The third-order valence-corrected chi connectivity index (χ3v) is 9.91. The van der Waals surface area contributed by atoms with Crippen LogP contribution in [-0.2, 0) is 5.41 Å². The van der Waals surface area contributed by atoms with E-state index in [2.05, 4.69) is 141 Å². The molecule has 1 heterocycles. The quantitative estimate of drug-likeness (QED) is 0.191. The number of aromatic nitrogens is 3. The van der Waals surface area contributed by atoms with Crippen molar-refractivity contribution < 1.29 is 0 Å². The molecule has 0 N–H and O–H groups in total. The van der Waals surface area contributed by atoms with E-state index in [1.807, 2.05) is 36.4 Å². The Morgan fingerprint density at radius 1 is 0.367 bits per heavy atom. The molecule has 1 aliphatic rings. The van der Waals surface area contributed by atoms with Crippen LogP contribution in [0.15, 0.2) is 164 Å². The minimum absolute atomic E-state index is 0.0382. The molecule has 0 bridgehead atoms. The minimum Gasteiger partial charge on any atom is -0.208 e. The van der Waals surface area contributed by atoms with Crippen molar-refractivity contribution in [1.82, 2.24) is 15.0 Å². The molecule has 0 unspecified atom stereocenters. The molecule has 0 aliphatic heterocycles. The zero-order valence-electron chi connectivity index (χ0n) is 27.4. The summed E-state index contributed by atoms with van der Waals surface area (Å²) in [5, 5.41) is 2.53. The lowest BCUT2D eigenvalue weighted by Gasteiger charge is -2.21. The molecule has 3 nitrogen and oxygen atoms in total. The highest BCUT2D eigenvalue weighted by molar-refractivity contribution is 6.04. The van der Waals surface area contributed by atoms with Crippen LogP contribution in [-0.4, -0.2) is 15.0 Å². The number of rotatable bonds is 5. The Kier molecular flexibility index (Phi) is 6.80. The van der Waals surface area contributed by atoms with E-state index < -0.39 is 0 Å². The number of benzene rings is 7. The Hall–Kier alpha value is -6.19. The minimum atomic E-state index is -0.0382. The summed E-state index contributed by atoms with van der Waals surface area (Å²) in [6.45, 7) is 4.67. The second-order valence-electron chi connectivity index (χ2n) is 13.3. The van der Waals surface area contributed by atoms with Crippen molar-refractivity contribution in [3.8, 4) is 67.5 Å². The fourth-order valence-electron chi connectivity index (χ4n) is 7.36. The predicted octanol–water partition coefficient (Wildman–Crippen LogP) is 11.7. The fourth-order valence-corrected chi connectivity index (χ4v) is 7.36. The van der Waals surface area contributed by atoms with E-state index in [1.54, 1.807) is 0 Å². The average molecular weight is 628 g/mol. The van der Waals surface area contributed by atoms with Crippen LogP contribution in [0.25, 0.3) is 78.3 Å². The van der Waals surface area contributed by atoms with Crippen molar-refractivity contribution in [1.29, 1.82) is 0 Å². The average Bonchev–Trinajstić information content (AvgIpc) is 3.41. The summed E-state index contributed by atoms with van der Waals surface area (Å²) in [5.74, 6) is 1.95. The van der Waals surface area contributed by atoms with Gasteiger partial charge in [-0.2, -0.15) is 0 Å². The molecule has 0 amide bonds. The van der Waals surface area contributed by atoms with Gasteiger partial charge >= 0.3 is 0 Å². The summed E-state index contributed by atoms with van der Waals surface area (Å²) in [6.07, 6.45) is 0. The lowest BCUT2D eigenvalue weighted by Crippen LogP contribution is -2.14. The van der Waals surface area contributed by atoms with Gasteiger partial charge in [-0.15, -0.1) is 0 Å². The van der Waals surface area contributed by atoms with Crippen LogP contribution in [0.5, 0.6) is 0 Å². The lowest BCUT2D eigenvalue weighted by molar-refractivity contribution is 0.661. The smallest absolute Gasteiger partial charge is 0.164 e. The van der Waals surface area contributed by atoms with Gasteiger partial charge in [0.15, 0.2) is 17.5 Å². The molecule has 1 aromatic heterocycles. The molecular formula is C46H33N3. The van der Waals surface area contributed by atoms with Crippen LogP contribution in [0.1, 0.15) is 25.0 Å². The maximum atomic E-state index is 5.08. The van der Waals surface area contributed by atoms with E-state index in [0.29, 0.717) is 17.5 Å². The van der Waals surface area contributed by atoms with Crippen LogP contribution in [0.3, 0.4) is 0 Å². The lowest BCUT2D eigenvalue weighted by atomic mass is 9.82. The van der Waals surface area contributed by atoms with Crippen molar-refractivity contribution in [2.45, 2.75) is 19.3 Å². The van der Waals surface area contributed by atoms with Gasteiger partial charge in [-0.25, -0.2) is 15.0 Å². The summed E-state index contributed by atoms with van der Waals surface area (Å²) in [7, 11) is 0. The molecule has 3 heteroatoms. The Labute approximate surface area is 286 Å². The summed E-state index contributed by atoms with van der Waals surface area (Å²) in [6, 6.07) is 57.8. The van der Waals surface area contributed by atoms with Gasteiger partial charge in [-0.3, -0.25) is 0 Å². The molecular weight excluding hydrogens is 595 g/mol. The standard InChI is InChI=1S/C46H33N3/c1-46(2)40-22-10-9-21-38(40)42-39-29-35(24-23-31(39)25-26-41(42)46)34-18-12-20-37(28-34)45-48-43(32-15-7-4-8-16-32)47-44(49-45)36-19-11-17-33(27-36)30-13-5-3-6-14-30/h3-29H,1-2H3. The van der Waals surface area contributed by atoms with Gasteiger partial charge in [0.25, 0.3) is 0 Å². The van der Waals surface area contributed by atoms with Gasteiger partial charge in [-0.1, -0.05) is 159 Å². The summed E-state index contributed by atoms with van der Waals surface area (Å²) in [4.78, 5) is 15.1. The van der Waals surface area contributed by atoms with Crippen LogP contribution in [0.4, 0.5) is 0 Å². The molecule has 0 atom stereocenters. The zero-order valence-corrected chi connectivity index (χ0v) is 27.4. The van der Waals surface area contributed by atoms with E-state index in [0.717, 1.165) is 38.9 Å². The second kappa shape index (κ2) is 11.5. The summed E-state index contributed by atoms with van der Waals surface area (Å²) in [5.41, 5.74) is 12.8. The highest BCUT2D eigenvalue weighted by atomic mass is 15.0. The molecule has 0 saturated heterocycles. The Bertz CT molecular complexity index is 2520. The maximum Gasteiger partial charge on any atom is 0.164 e. The molecule has 9 rings (SSSR count). The number of hydrogen-bond donors (Lipinski definition) is 0. The van der Waals surface area contributed by atoms with Crippen LogP contribution in [0.2, 0.25) is 0 Å². The van der Waals surface area contributed by atoms with Gasteiger partial charge in [0.05, 0.1) is 0 Å². The maximum absolute atomic E-state index is 5.08. The fraction of sp³-hybridized carbons (Fsp3) is 0.0652. The predicted molar refractivity (Wildman–Crippen MR) is 202 cm³/mol. The normalized spacial score (nSPS) is 12.9. The van der Waals surface area contributed by atoms with Crippen molar-refractivity contribution in [2.75, 3.05) is 0 Å². The number of fused-ring (bicyclic) bond motifs is 5. The molecule has 0 fully saturated rings. The third kappa shape index (κ3) is 5.03. The van der Waals surface area contributed by atoms with Crippen molar-refractivity contribution in [2.24, 2.45) is 0 Å². The van der Waals surface area contributed by atoms with Crippen LogP contribution < -0.4 is 0 Å². The van der Waals surface area contributed by atoms with E-state index in [4.69, 9.17) is 15.0 Å². The second-order valence-corrected chi connectivity index (χ2v) is 13.3. The van der Waals surface area contributed by atoms with Gasteiger partial charge in [0, 0.05) is 22.1 Å². The SMILES string of the molecule is CC1(C)c2ccccc2-c2c1ccc1ccc(-c3cccc(-c4nc(-c5ccccc5)nc(-c5cccc(-c6ccccc6)c5)n4)c3)cc21. The number of nitrogens with zero attached hydrogens (tertiary/aromatic N) is 3. The molecule has 1 aliphatic carbocycles. The Morgan fingerprint density at radius 3 is 1.53 bits per heavy atom. The summed E-state index contributed by atoms with van der Waals surface area (Å²) >= 11 is 0. The Balaban J connectivity index is 1.17. The van der Waals surface area contributed by atoms with Gasteiger partial charge in [-0.05, 0) is 73.5 Å². The van der Waals surface area contributed by atoms with E-state index in [1.165, 1.54) is 33.0 Å². The van der Waals surface area contributed by atoms with Crippen molar-refractivity contribution in [3.05, 3.63) is 175 Å². The molecule has 0 radical (unpaired) electrons. The van der Waals surface area contributed by atoms with E-state index in [-0.39, 0.29) is 5.41 Å². The molecule has 49 heavy (non-hydrogen) atoms. The summed E-state index contributed by atoms with van der Waals surface area (Å²) < 4.78 is 0. The van der Waals surface area contributed by atoms with Gasteiger partial charge in [0.2, 0.25) is 0 Å². The van der Waals surface area contributed by atoms with Crippen LogP contribution >= 0.6 is 0 Å². The highest BCUT2D eigenvalue weighted by Crippen LogP contribution is 2.51. The zero-order chi connectivity index (χ0) is 33.0. The first kappa shape index (κ1) is 29.0. The van der Waals surface area contributed by atoms with E-state index >= 15 is 0 Å².